The van der Waals surface area contributed by atoms with E-state index in [1.165, 1.54) is 76.2 Å². The van der Waals surface area contributed by atoms with Crippen molar-refractivity contribution in [2.75, 3.05) is 0 Å². The average Bonchev–Trinajstić information content (AvgIpc) is 3.58. The molecule has 0 saturated heterocycles. The predicted octanol–water partition coefficient (Wildman–Crippen LogP) is 5.33. The summed E-state index contributed by atoms with van der Waals surface area (Å²) in [6.07, 6.45) is 22.8. The molecule has 2 aliphatic rings. The Morgan fingerprint density at radius 2 is 1.38 bits per heavy atom. The third-order valence-corrected chi connectivity index (χ3v) is 18.1. The molecule has 2 aromatic carbocycles. The zero-order valence-corrected chi connectivity index (χ0v) is 31.8. The second-order valence-corrected chi connectivity index (χ2v) is 19.3. The molecule has 0 aromatic heterocycles. The topological polar surface area (TPSA) is 0 Å². The fourth-order valence-corrected chi connectivity index (χ4v) is 16.4. The summed E-state index contributed by atoms with van der Waals surface area (Å²) in [5.41, 5.74) is 12.9. The van der Waals surface area contributed by atoms with E-state index in [1.807, 2.05) is 9.76 Å². The van der Waals surface area contributed by atoms with Gasteiger partial charge in [-0.2, -0.15) is 0 Å². The molecule has 0 saturated carbocycles. The number of aryl methyl sites for hydroxylation is 1. The Morgan fingerprint density at radius 3 is 1.93 bits per heavy atom. The first kappa shape index (κ1) is 37.4. The molecular weight excluding hydrogens is 631 g/mol. The van der Waals surface area contributed by atoms with Gasteiger partial charge in [0, 0.05) is 0 Å². The van der Waals surface area contributed by atoms with Gasteiger partial charge in [0.05, 0.1) is 0 Å². The van der Waals surface area contributed by atoms with Gasteiger partial charge in [-0.3, -0.25) is 0 Å². The number of hydrogen-bond donors (Lipinski definition) is 0. The molecule has 0 fully saturated rings. The molecule has 0 heterocycles. The number of unbranched alkanes of at least 4 members (excludes halogenated alkanes) is 2. The minimum absolute atomic E-state index is 0. The van der Waals surface area contributed by atoms with Gasteiger partial charge in [-0.1, -0.05) is 0 Å². The first-order valence-electron chi connectivity index (χ1n) is 16.7. The average molecular weight is 687 g/mol. The van der Waals surface area contributed by atoms with Crippen LogP contribution in [0.1, 0.15) is 157 Å². The standard InChI is InChI=1S/C25H33.C9H18.C5H5.2ClH.Zr/c1-7-9-16(3)22-14-24-20(11-18(22)5)13-21-12-19(6)23(15-25(21)24)17(4)10-8-2;1-3-5-7-9-8-6-4-2;1-2-4-5-3-1;;;/h11,14-17H,7-10,13H2,1-6H3;3-8H2,1-2H3;1-3H,4H2;2*1H;/q;;;;;+2/p-2. The van der Waals surface area contributed by atoms with Gasteiger partial charge in [-0.25, -0.2) is 0 Å². The van der Waals surface area contributed by atoms with Crippen LogP contribution in [-0.2, 0) is 27.7 Å². The largest absolute Gasteiger partial charge is 1.00 e. The third-order valence-electron chi connectivity index (χ3n) is 9.75. The van der Waals surface area contributed by atoms with Crippen LogP contribution < -0.4 is 28.1 Å². The Labute approximate surface area is 279 Å². The van der Waals surface area contributed by atoms with E-state index in [1.54, 1.807) is 38.9 Å². The van der Waals surface area contributed by atoms with Crippen molar-refractivity contribution >= 4 is 6.48 Å². The summed E-state index contributed by atoms with van der Waals surface area (Å²) >= 11 is -2.27. The zero-order chi connectivity index (χ0) is 28.8. The summed E-state index contributed by atoms with van der Waals surface area (Å²) in [4.78, 5) is 0. The van der Waals surface area contributed by atoms with E-state index < -0.39 is 21.3 Å². The van der Waals surface area contributed by atoms with Gasteiger partial charge < -0.3 is 24.8 Å². The number of allylic oxidation sites excluding steroid dienone is 4. The van der Waals surface area contributed by atoms with Crippen molar-refractivity contribution in [1.82, 2.24) is 0 Å². The van der Waals surface area contributed by atoms with Crippen LogP contribution in [0.5, 0.6) is 0 Å². The fraction of sp³-hybridized carbons (Fsp3) is 0.564. The van der Waals surface area contributed by atoms with Gasteiger partial charge in [0.2, 0.25) is 0 Å². The van der Waals surface area contributed by atoms with Gasteiger partial charge in [0.15, 0.2) is 0 Å². The van der Waals surface area contributed by atoms with Crippen LogP contribution in [0.4, 0.5) is 0 Å². The van der Waals surface area contributed by atoms with E-state index in [9.17, 15) is 0 Å². The van der Waals surface area contributed by atoms with Crippen molar-refractivity contribution < 1.29 is 46.1 Å². The third kappa shape index (κ3) is 8.09. The molecule has 2 unspecified atom stereocenters. The van der Waals surface area contributed by atoms with Crippen molar-refractivity contribution in [2.24, 2.45) is 0 Å². The number of rotatable bonds is 14. The zero-order valence-electron chi connectivity index (χ0n) is 27.9. The maximum absolute atomic E-state index is 2.67. The Hall–Kier alpha value is -0.747. The fourth-order valence-electron chi connectivity index (χ4n) is 7.56. The normalized spacial score (nSPS) is 14.2. The van der Waals surface area contributed by atoms with Gasteiger partial charge in [0.1, 0.15) is 0 Å². The number of fused-ring (bicyclic) bond motifs is 3. The maximum Gasteiger partial charge on any atom is -1.00 e. The van der Waals surface area contributed by atoms with Crippen molar-refractivity contribution in [2.45, 2.75) is 144 Å². The molecule has 42 heavy (non-hydrogen) atoms. The number of halogens is 2. The summed E-state index contributed by atoms with van der Waals surface area (Å²) in [5.74, 6) is 1.25. The van der Waals surface area contributed by atoms with Gasteiger partial charge >= 0.3 is 256 Å². The minimum atomic E-state index is -2.27. The molecule has 0 radical (unpaired) electrons. The molecule has 0 bridgehead atoms. The van der Waals surface area contributed by atoms with Crippen molar-refractivity contribution in [3.05, 3.63) is 73.1 Å². The number of benzene rings is 2. The van der Waals surface area contributed by atoms with E-state index in [0.717, 1.165) is 6.42 Å². The summed E-state index contributed by atoms with van der Waals surface area (Å²) in [6.45, 7) is 19.3. The molecule has 0 spiro atoms. The molecule has 2 aromatic rings. The smallest absolute Gasteiger partial charge is 1.00 e. The molecule has 4 rings (SSSR count). The van der Waals surface area contributed by atoms with Crippen molar-refractivity contribution in [1.29, 1.82) is 0 Å². The quantitative estimate of drug-likeness (QED) is 0.215. The summed E-state index contributed by atoms with van der Waals surface area (Å²) in [5, 5.41) is 0. The van der Waals surface area contributed by atoms with Crippen LogP contribution >= 0.6 is 0 Å². The summed E-state index contributed by atoms with van der Waals surface area (Å²) in [7, 11) is 0. The van der Waals surface area contributed by atoms with Gasteiger partial charge in [-0.15, -0.1) is 0 Å². The van der Waals surface area contributed by atoms with Gasteiger partial charge in [-0.05, 0) is 0 Å². The Morgan fingerprint density at radius 1 is 0.786 bits per heavy atom. The van der Waals surface area contributed by atoms with Crippen LogP contribution in [0, 0.1) is 13.8 Å². The SMILES string of the molecule is CCCC[C](CCCC)=[Zr+2]([C]1=CC=CC1)[c]1c(C)c(C(C)CCC)cc2c1Cc1cc(C)c(C(C)CCC)cc1-2.[Cl-].[Cl-]. The van der Waals surface area contributed by atoms with E-state index in [-0.39, 0.29) is 24.8 Å². The van der Waals surface area contributed by atoms with E-state index >= 15 is 0 Å². The van der Waals surface area contributed by atoms with E-state index in [2.05, 4.69) is 91.8 Å². The molecule has 2 atom stereocenters. The Bertz CT molecular complexity index is 1290. The Balaban J connectivity index is 0.00000308. The molecule has 3 heteroatoms. The van der Waals surface area contributed by atoms with Crippen LogP contribution in [-0.4, -0.2) is 3.21 Å². The minimum Gasteiger partial charge on any atom is -1.00 e. The molecule has 2 aliphatic carbocycles. The molecule has 230 valence electrons. The molecule has 0 amide bonds. The predicted molar refractivity (Wildman–Crippen MR) is 176 cm³/mol. The monoisotopic (exact) mass is 684 g/mol. The van der Waals surface area contributed by atoms with Crippen LogP contribution in [0.3, 0.4) is 0 Å². The first-order valence-corrected chi connectivity index (χ1v) is 20.4. The van der Waals surface area contributed by atoms with Crippen LogP contribution in [0.25, 0.3) is 11.1 Å². The maximum atomic E-state index is 2.67. The van der Waals surface area contributed by atoms with Crippen molar-refractivity contribution in [3.63, 3.8) is 0 Å². The second-order valence-electron chi connectivity index (χ2n) is 12.9. The molecular formula is C39H56Cl2Zr. The van der Waals surface area contributed by atoms with Gasteiger partial charge in [0.25, 0.3) is 0 Å². The van der Waals surface area contributed by atoms with E-state index in [0.29, 0.717) is 11.8 Å². The van der Waals surface area contributed by atoms with Crippen LogP contribution in [0.15, 0.2) is 39.7 Å². The van der Waals surface area contributed by atoms with Crippen LogP contribution in [0.2, 0.25) is 0 Å². The number of hydrogen-bond acceptors (Lipinski definition) is 0. The Kier molecular flexibility index (Phi) is 15.7. The van der Waals surface area contributed by atoms with E-state index in [4.69, 9.17) is 0 Å². The summed E-state index contributed by atoms with van der Waals surface area (Å²) in [6, 6.07) is 7.87. The molecule has 0 N–H and O–H groups in total. The molecule has 0 nitrogen and oxygen atoms in total. The first-order chi connectivity index (χ1) is 19.4. The molecule has 0 aliphatic heterocycles. The van der Waals surface area contributed by atoms with Crippen molar-refractivity contribution in [3.8, 4) is 11.1 Å². The second kappa shape index (κ2) is 17.7. The summed E-state index contributed by atoms with van der Waals surface area (Å²) < 4.78 is 5.71.